The zero-order chi connectivity index (χ0) is 19.7. The highest BCUT2D eigenvalue weighted by atomic mass is 16.5. The van der Waals surface area contributed by atoms with Gasteiger partial charge in [0.05, 0.1) is 14.2 Å². The summed E-state index contributed by atoms with van der Waals surface area (Å²) in [6.07, 6.45) is 0. The van der Waals surface area contributed by atoms with E-state index in [1.807, 2.05) is 10.9 Å². The molecule has 0 radical (unpaired) electrons. The van der Waals surface area contributed by atoms with E-state index >= 15 is 0 Å². The monoisotopic (exact) mass is 364 g/mol. The number of benzene rings is 1. The van der Waals surface area contributed by atoms with Crippen LogP contribution in [0.5, 0.6) is 0 Å². The minimum Gasteiger partial charge on any atom is -0.464 e. The maximum Gasteiger partial charge on any atom is 0.359 e. The molecule has 1 aromatic carbocycles. The fraction of sp³-hybridized carbons (Fsp3) is 0.143. The third-order valence-electron chi connectivity index (χ3n) is 2.72. The standard InChI is InChI=1S/C14H16N6O6/c1-25-11(21)9(17-19-13(15)23)7-4-3-5-8(6-7)10(12(22)26-2)18-20-14(16)24/h3-6H,1-2H3,(H3,15,19,23)(H3,16,20,24)/b17-9+,18-10+. The van der Waals surface area contributed by atoms with Crippen molar-refractivity contribution in [2.45, 2.75) is 0 Å². The van der Waals surface area contributed by atoms with Crippen LogP contribution in [0.15, 0.2) is 34.5 Å². The minimum atomic E-state index is -0.995. The van der Waals surface area contributed by atoms with Crippen molar-refractivity contribution in [1.29, 1.82) is 0 Å². The van der Waals surface area contributed by atoms with E-state index in [9.17, 15) is 19.2 Å². The van der Waals surface area contributed by atoms with Crippen molar-refractivity contribution in [1.82, 2.24) is 10.9 Å². The number of nitrogens with one attached hydrogen (secondary N) is 2. The summed E-state index contributed by atoms with van der Waals surface area (Å²) in [6.45, 7) is 0. The van der Waals surface area contributed by atoms with Crippen LogP contribution in [-0.2, 0) is 19.1 Å². The lowest BCUT2D eigenvalue weighted by atomic mass is 10.0. The van der Waals surface area contributed by atoms with Gasteiger partial charge in [-0.25, -0.2) is 30.0 Å². The summed E-state index contributed by atoms with van der Waals surface area (Å²) in [5.41, 5.74) is 13.4. The van der Waals surface area contributed by atoms with Gasteiger partial charge >= 0.3 is 24.0 Å². The number of urea groups is 2. The molecule has 138 valence electrons. The van der Waals surface area contributed by atoms with Crippen LogP contribution in [0.2, 0.25) is 0 Å². The Morgan fingerprint density at radius 1 is 0.846 bits per heavy atom. The van der Waals surface area contributed by atoms with Crippen molar-refractivity contribution in [2.24, 2.45) is 21.7 Å². The lowest BCUT2D eigenvalue weighted by Gasteiger charge is -2.08. The van der Waals surface area contributed by atoms with Gasteiger partial charge in [-0.2, -0.15) is 10.2 Å². The molecule has 1 aromatic rings. The van der Waals surface area contributed by atoms with Crippen molar-refractivity contribution >= 4 is 35.4 Å². The number of carbonyl (C=O) groups is 4. The van der Waals surface area contributed by atoms with E-state index in [0.717, 1.165) is 14.2 Å². The van der Waals surface area contributed by atoms with E-state index in [-0.39, 0.29) is 22.6 Å². The maximum absolute atomic E-state index is 11.9. The summed E-state index contributed by atoms with van der Waals surface area (Å²) in [5.74, 6) is -1.74. The second-order valence-electron chi connectivity index (χ2n) is 4.44. The van der Waals surface area contributed by atoms with Crippen LogP contribution in [-0.4, -0.2) is 49.6 Å². The summed E-state index contributed by atoms with van der Waals surface area (Å²) in [6, 6.07) is 3.72. The molecule has 0 aliphatic carbocycles. The average molecular weight is 364 g/mol. The van der Waals surface area contributed by atoms with Crippen molar-refractivity contribution < 1.29 is 28.7 Å². The number of rotatable bonds is 6. The fourth-order valence-corrected chi connectivity index (χ4v) is 1.69. The topological polar surface area (TPSA) is 188 Å². The number of nitrogens with zero attached hydrogens (tertiary/aromatic N) is 2. The molecule has 0 aromatic heterocycles. The van der Waals surface area contributed by atoms with Gasteiger partial charge in [0.15, 0.2) is 11.4 Å². The Bertz CT molecular complexity index is 727. The molecule has 4 amide bonds. The zero-order valence-corrected chi connectivity index (χ0v) is 13.8. The molecule has 26 heavy (non-hydrogen) atoms. The van der Waals surface area contributed by atoms with Crippen LogP contribution < -0.4 is 22.3 Å². The van der Waals surface area contributed by atoms with Crippen LogP contribution in [0.1, 0.15) is 11.1 Å². The Morgan fingerprint density at radius 2 is 1.23 bits per heavy atom. The average Bonchev–Trinajstić information content (AvgIpc) is 2.61. The summed E-state index contributed by atoms with van der Waals surface area (Å²) in [4.78, 5) is 45.4. The smallest absolute Gasteiger partial charge is 0.359 e. The largest absolute Gasteiger partial charge is 0.464 e. The Morgan fingerprint density at radius 3 is 1.54 bits per heavy atom. The molecule has 0 saturated heterocycles. The SMILES string of the molecule is COC(=O)/C(=N/NC(N)=O)c1cccc(/C(=N\NC(N)=O)C(=O)OC)c1. The number of hydrogen-bond donors (Lipinski definition) is 4. The zero-order valence-electron chi connectivity index (χ0n) is 13.8. The van der Waals surface area contributed by atoms with E-state index in [1.54, 1.807) is 0 Å². The van der Waals surface area contributed by atoms with Gasteiger partial charge in [0.2, 0.25) is 0 Å². The first kappa shape index (κ1) is 20.1. The van der Waals surface area contributed by atoms with E-state index in [4.69, 9.17) is 11.5 Å². The Kier molecular flexibility index (Phi) is 7.23. The number of hydrogen-bond acceptors (Lipinski definition) is 8. The van der Waals surface area contributed by atoms with Crippen molar-refractivity contribution in [3.05, 3.63) is 35.4 Å². The minimum absolute atomic E-state index is 0.166. The van der Waals surface area contributed by atoms with Crippen molar-refractivity contribution in [3.63, 3.8) is 0 Å². The molecule has 12 nitrogen and oxygen atoms in total. The number of carbonyl (C=O) groups excluding carboxylic acids is 4. The number of nitrogens with two attached hydrogens (primary N) is 2. The highest BCUT2D eigenvalue weighted by molar-refractivity contribution is 6.45. The third kappa shape index (κ3) is 5.59. The van der Waals surface area contributed by atoms with Gasteiger partial charge < -0.3 is 20.9 Å². The molecular formula is C14H16N6O6. The van der Waals surface area contributed by atoms with Crippen LogP contribution >= 0.6 is 0 Å². The Labute approximate surface area is 147 Å². The van der Waals surface area contributed by atoms with Gasteiger partial charge in [-0.3, -0.25) is 0 Å². The molecule has 0 fully saturated rings. The Hall–Kier alpha value is -3.96. The van der Waals surface area contributed by atoms with Crippen LogP contribution in [0.4, 0.5) is 9.59 Å². The van der Waals surface area contributed by atoms with E-state index < -0.39 is 24.0 Å². The first-order valence-electron chi connectivity index (χ1n) is 6.83. The summed E-state index contributed by atoms with van der Waals surface area (Å²) < 4.78 is 9.18. The summed E-state index contributed by atoms with van der Waals surface area (Å²) in [5, 5.41) is 7.15. The van der Waals surface area contributed by atoms with Gasteiger partial charge in [-0.05, 0) is 6.07 Å². The second kappa shape index (κ2) is 9.36. The predicted molar refractivity (Wildman–Crippen MR) is 89.0 cm³/mol. The molecule has 12 heteroatoms. The lowest BCUT2D eigenvalue weighted by molar-refractivity contribution is -0.133. The first-order valence-corrected chi connectivity index (χ1v) is 6.83. The quantitative estimate of drug-likeness (QED) is 0.278. The molecule has 0 bridgehead atoms. The Balaban J connectivity index is 3.40. The molecule has 0 saturated carbocycles. The lowest BCUT2D eigenvalue weighted by Crippen LogP contribution is -2.30. The van der Waals surface area contributed by atoms with Gasteiger partial charge in [-0.15, -0.1) is 0 Å². The summed E-state index contributed by atoms with van der Waals surface area (Å²) in [7, 11) is 2.23. The highest BCUT2D eigenvalue weighted by Crippen LogP contribution is 2.10. The molecule has 6 N–H and O–H groups in total. The normalized spacial score (nSPS) is 11.3. The fourth-order valence-electron chi connectivity index (χ4n) is 1.69. The molecule has 0 atom stereocenters. The number of primary amides is 2. The summed E-state index contributed by atoms with van der Waals surface area (Å²) >= 11 is 0. The molecular weight excluding hydrogens is 348 g/mol. The van der Waals surface area contributed by atoms with Crippen LogP contribution in [0.3, 0.4) is 0 Å². The molecule has 0 aliphatic rings. The molecule has 0 aliphatic heterocycles. The molecule has 0 unspecified atom stereocenters. The first-order chi connectivity index (χ1) is 12.3. The number of methoxy groups -OCH3 is 2. The number of ether oxygens (including phenoxy) is 2. The second-order valence-corrected chi connectivity index (χ2v) is 4.44. The predicted octanol–water partition coefficient (Wildman–Crippen LogP) is -1.22. The van der Waals surface area contributed by atoms with Crippen LogP contribution in [0, 0.1) is 0 Å². The molecule has 1 rings (SSSR count). The highest BCUT2D eigenvalue weighted by Gasteiger charge is 2.20. The molecule has 0 spiro atoms. The number of hydrazone groups is 2. The van der Waals surface area contributed by atoms with Crippen molar-refractivity contribution in [2.75, 3.05) is 14.2 Å². The van der Waals surface area contributed by atoms with E-state index in [2.05, 4.69) is 19.7 Å². The van der Waals surface area contributed by atoms with Crippen molar-refractivity contribution in [3.8, 4) is 0 Å². The molecule has 0 heterocycles. The van der Waals surface area contributed by atoms with Gasteiger partial charge in [0.1, 0.15) is 0 Å². The number of amides is 4. The third-order valence-corrected chi connectivity index (χ3v) is 2.72. The maximum atomic E-state index is 11.9. The van der Waals surface area contributed by atoms with E-state index in [0.29, 0.717) is 0 Å². The van der Waals surface area contributed by atoms with Gasteiger partial charge in [0, 0.05) is 11.1 Å². The van der Waals surface area contributed by atoms with E-state index in [1.165, 1.54) is 24.3 Å². The van der Waals surface area contributed by atoms with Crippen LogP contribution in [0.25, 0.3) is 0 Å². The van der Waals surface area contributed by atoms with Gasteiger partial charge in [-0.1, -0.05) is 18.2 Å². The number of esters is 2. The van der Waals surface area contributed by atoms with Gasteiger partial charge in [0.25, 0.3) is 0 Å².